The molecule has 1 aromatic carbocycles. The molecule has 0 radical (unpaired) electrons. The van der Waals surface area contributed by atoms with E-state index in [9.17, 15) is 4.79 Å². The van der Waals surface area contributed by atoms with E-state index in [2.05, 4.69) is 18.9 Å². The second-order valence-corrected chi connectivity index (χ2v) is 5.44. The van der Waals surface area contributed by atoms with Gasteiger partial charge in [-0.05, 0) is 51.1 Å². The third-order valence-corrected chi connectivity index (χ3v) is 4.00. The van der Waals surface area contributed by atoms with Crippen LogP contribution in [0.3, 0.4) is 0 Å². The first-order valence-corrected chi connectivity index (χ1v) is 8.32. The highest BCUT2D eigenvalue weighted by Gasteiger charge is 2.07. The first-order chi connectivity index (χ1) is 11.2. The smallest absolute Gasteiger partial charge is 0.266 e. The summed E-state index contributed by atoms with van der Waals surface area (Å²) >= 11 is 0. The number of aromatic nitrogens is 2. The van der Waals surface area contributed by atoms with Crippen molar-refractivity contribution in [2.75, 3.05) is 26.2 Å². The summed E-state index contributed by atoms with van der Waals surface area (Å²) in [4.78, 5) is 13.5. The summed E-state index contributed by atoms with van der Waals surface area (Å²) in [5.74, 6) is 0.842. The van der Waals surface area contributed by atoms with Crippen LogP contribution in [-0.4, -0.2) is 36.0 Å². The monoisotopic (exact) mass is 316 g/mol. The fraction of sp³-hybridized carbons (Fsp3) is 0.444. The maximum atomic E-state index is 12.0. The largest absolute Gasteiger partial charge is 0.494 e. The predicted molar refractivity (Wildman–Crippen MR) is 92.0 cm³/mol. The van der Waals surface area contributed by atoms with Crippen LogP contribution < -0.4 is 15.2 Å². The molecule has 0 fully saturated rings. The number of nitrogens with one attached hydrogen (secondary N) is 1. The third kappa shape index (κ3) is 4.66. The molecule has 5 heteroatoms. The fourth-order valence-electron chi connectivity index (χ4n) is 2.52. The van der Waals surface area contributed by atoms with Gasteiger partial charge >= 0.3 is 0 Å². The number of rotatable bonds is 8. The molecular weight excluding hydrogens is 290 g/mol. The molecule has 2 aromatic rings. The van der Waals surface area contributed by atoms with Crippen LogP contribution in [0.15, 0.2) is 41.2 Å². The number of likely N-dealkylation sites (N-methyl/N-ethyl adjacent to an activating group) is 1. The second-order valence-electron chi connectivity index (χ2n) is 5.44. The topological polar surface area (TPSA) is 48.6 Å². The van der Waals surface area contributed by atoms with Crippen molar-refractivity contribution >= 4 is 0 Å². The Morgan fingerprint density at radius 1 is 1.04 bits per heavy atom. The normalized spacial score (nSPS) is 11.0. The lowest BCUT2D eigenvalue weighted by molar-refractivity contribution is -0.897. The summed E-state index contributed by atoms with van der Waals surface area (Å²) in [6.07, 6.45) is 0. The van der Waals surface area contributed by atoms with E-state index in [-0.39, 0.29) is 5.56 Å². The quantitative estimate of drug-likeness (QED) is 0.797. The van der Waals surface area contributed by atoms with Crippen molar-refractivity contribution in [3.8, 4) is 17.0 Å². The lowest BCUT2D eigenvalue weighted by Crippen LogP contribution is -3.11. The van der Waals surface area contributed by atoms with Crippen molar-refractivity contribution in [1.82, 2.24) is 9.78 Å². The standard InChI is InChI=1S/C18H25N3O2/c1-4-20(5-2)13-14-21-18(22)12-11-17(19-21)15-7-9-16(10-8-15)23-6-3/h7-12H,4-6,13-14H2,1-3H3/p+1. The highest BCUT2D eigenvalue weighted by Crippen LogP contribution is 2.19. The highest BCUT2D eigenvalue weighted by atomic mass is 16.5. The molecule has 0 aliphatic rings. The Kier molecular flexibility index (Phi) is 6.35. The van der Waals surface area contributed by atoms with Gasteiger partial charge in [-0.3, -0.25) is 4.79 Å². The summed E-state index contributed by atoms with van der Waals surface area (Å²) in [6, 6.07) is 11.2. The maximum Gasteiger partial charge on any atom is 0.266 e. The molecule has 0 amide bonds. The molecule has 0 atom stereocenters. The lowest BCUT2D eigenvalue weighted by atomic mass is 10.1. The zero-order chi connectivity index (χ0) is 16.7. The number of hydrogen-bond donors (Lipinski definition) is 1. The Bertz CT molecular complexity index is 661. The summed E-state index contributed by atoms with van der Waals surface area (Å²) in [5, 5.41) is 4.51. The van der Waals surface area contributed by atoms with Crippen LogP contribution in [0, 0.1) is 0 Å². The number of hydrogen-bond acceptors (Lipinski definition) is 3. The van der Waals surface area contributed by atoms with Crippen LogP contribution in [0.1, 0.15) is 20.8 Å². The zero-order valence-electron chi connectivity index (χ0n) is 14.2. The van der Waals surface area contributed by atoms with Gasteiger partial charge in [0, 0.05) is 11.6 Å². The Labute approximate surface area is 137 Å². The molecule has 1 aromatic heterocycles. The molecule has 2 rings (SSSR count). The van der Waals surface area contributed by atoms with E-state index in [1.165, 1.54) is 4.90 Å². The molecule has 0 saturated carbocycles. The maximum absolute atomic E-state index is 12.0. The average molecular weight is 316 g/mol. The van der Waals surface area contributed by atoms with Gasteiger partial charge in [0.1, 0.15) is 5.75 Å². The SMILES string of the molecule is CCOc1ccc(-c2ccc(=O)n(CC[NH+](CC)CC)n2)cc1. The van der Waals surface area contributed by atoms with Crippen LogP contribution in [0.25, 0.3) is 11.3 Å². The summed E-state index contributed by atoms with van der Waals surface area (Å²) in [6.45, 7) is 10.6. The van der Waals surface area contributed by atoms with Crippen molar-refractivity contribution in [2.45, 2.75) is 27.3 Å². The van der Waals surface area contributed by atoms with Crippen LogP contribution in [0.2, 0.25) is 0 Å². The lowest BCUT2D eigenvalue weighted by Gasteiger charge is -2.15. The molecule has 23 heavy (non-hydrogen) atoms. The Hall–Kier alpha value is -2.14. The van der Waals surface area contributed by atoms with Gasteiger partial charge in [-0.2, -0.15) is 5.10 Å². The van der Waals surface area contributed by atoms with Gasteiger partial charge in [0.2, 0.25) is 0 Å². The summed E-state index contributed by atoms with van der Waals surface area (Å²) in [5.41, 5.74) is 1.74. The average Bonchev–Trinajstić information content (AvgIpc) is 2.58. The van der Waals surface area contributed by atoms with Crippen LogP contribution in [0.5, 0.6) is 5.75 Å². The van der Waals surface area contributed by atoms with E-state index in [1.54, 1.807) is 16.8 Å². The molecule has 1 heterocycles. The minimum absolute atomic E-state index is 0.0498. The molecule has 0 aliphatic heterocycles. The Balaban J connectivity index is 2.17. The summed E-state index contributed by atoms with van der Waals surface area (Å²) in [7, 11) is 0. The van der Waals surface area contributed by atoms with Crippen molar-refractivity contribution in [3.05, 3.63) is 46.8 Å². The molecule has 0 saturated heterocycles. The van der Waals surface area contributed by atoms with Crippen LogP contribution in [0.4, 0.5) is 0 Å². The minimum Gasteiger partial charge on any atom is -0.494 e. The number of quaternary nitrogens is 1. The van der Waals surface area contributed by atoms with E-state index in [0.29, 0.717) is 13.2 Å². The predicted octanol–water partition coefficient (Wildman–Crippen LogP) is 1.23. The molecule has 5 nitrogen and oxygen atoms in total. The van der Waals surface area contributed by atoms with Crippen LogP contribution >= 0.6 is 0 Å². The highest BCUT2D eigenvalue weighted by molar-refractivity contribution is 5.59. The van der Waals surface area contributed by atoms with E-state index in [0.717, 1.165) is 36.6 Å². The molecular formula is C18H26N3O2+. The van der Waals surface area contributed by atoms with Crippen molar-refractivity contribution in [3.63, 3.8) is 0 Å². The van der Waals surface area contributed by atoms with E-state index >= 15 is 0 Å². The van der Waals surface area contributed by atoms with Gasteiger partial charge in [0.15, 0.2) is 0 Å². The van der Waals surface area contributed by atoms with Gasteiger partial charge in [-0.25, -0.2) is 4.68 Å². The van der Waals surface area contributed by atoms with E-state index in [1.807, 2.05) is 31.2 Å². The van der Waals surface area contributed by atoms with Crippen LogP contribution in [-0.2, 0) is 6.54 Å². The van der Waals surface area contributed by atoms with E-state index in [4.69, 9.17) is 4.74 Å². The molecule has 0 spiro atoms. The van der Waals surface area contributed by atoms with Gasteiger partial charge in [-0.15, -0.1) is 0 Å². The third-order valence-electron chi connectivity index (χ3n) is 4.00. The number of ether oxygens (including phenoxy) is 1. The van der Waals surface area contributed by atoms with Crippen molar-refractivity contribution in [2.24, 2.45) is 0 Å². The van der Waals surface area contributed by atoms with Crippen molar-refractivity contribution in [1.29, 1.82) is 0 Å². The van der Waals surface area contributed by atoms with Gasteiger partial charge < -0.3 is 9.64 Å². The number of benzene rings is 1. The zero-order valence-corrected chi connectivity index (χ0v) is 14.2. The van der Waals surface area contributed by atoms with E-state index < -0.39 is 0 Å². The molecule has 1 N–H and O–H groups in total. The molecule has 124 valence electrons. The second kappa shape index (κ2) is 8.48. The number of nitrogens with zero attached hydrogens (tertiary/aromatic N) is 2. The molecule has 0 aliphatic carbocycles. The first kappa shape index (κ1) is 17.2. The van der Waals surface area contributed by atoms with Gasteiger partial charge in [0.05, 0.1) is 38.5 Å². The van der Waals surface area contributed by atoms with Crippen molar-refractivity contribution < 1.29 is 9.64 Å². The van der Waals surface area contributed by atoms with Gasteiger partial charge in [0.25, 0.3) is 5.56 Å². The molecule has 0 bridgehead atoms. The molecule has 0 unspecified atom stereocenters. The first-order valence-electron chi connectivity index (χ1n) is 8.32. The Morgan fingerprint density at radius 2 is 1.74 bits per heavy atom. The Morgan fingerprint density at radius 3 is 2.35 bits per heavy atom. The van der Waals surface area contributed by atoms with Gasteiger partial charge in [-0.1, -0.05) is 0 Å². The fourth-order valence-corrected chi connectivity index (χ4v) is 2.52. The summed E-state index contributed by atoms with van der Waals surface area (Å²) < 4.78 is 7.02. The minimum atomic E-state index is -0.0498.